The van der Waals surface area contributed by atoms with Gasteiger partial charge in [0.05, 0.1) is 0 Å². The number of nitro groups is 1. The number of halogens is 1. The van der Waals surface area contributed by atoms with E-state index in [1.54, 1.807) is 0 Å². The fourth-order valence-electron chi connectivity index (χ4n) is 1.14. The molecule has 0 spiro atoms. The van der Waals surface area contributed by atoms with Gasteiger partial charge in [-0.3, -0.25) is 0 Å². The summed E-state index contributed by atoms with van der Waals surface area (Å²) in [6.07, 6.45) is 0. The quantitative estimate of drug-likeness (QED) is 0.536. The number of nitrogens with zero attached hydrogens (tertiary/aromatic N) is 2. The van der Waals surface area contributed by atoms with Crippen molar-refractivity contribution in [3.05, 3.63) is 34.1 Å². The summed E-state index contributed by atoms with van der Waals surface area (Å²) in [6, 6.07) is 4.11. The van der Waals surface area contributed by atoms with E-state index >= 15 is 0 Å². The van der Waals surface area contributed by atoms with Gasteiger partial charge in [-0.05, 0) is 17.1 Å². The summed E-state index contributed by atoms with van der Waals surface area (Å²) in [5.41, 5.74) is 0.256. The molecule has 66 valence electrons. The van der Waals surface area contributed by atoms with E-state index in [0.717, 1.165) is 6.07 Å². The molecule has 1 aromatic heterocycles. The average molecular weight is 181 g/mol. The molecule has 5 nitrogen and oxygen atoms in total. The minimum Gasteiger partial charge on any atom is -0.358 e. The van der Waals surface area contributed by atoms with Gasteiger partial charge in [-0.15, -0.1) is 5.10 Å². The molecule has 0 amide bonds. The van der Waals surface area contributed by atoms with Crippen LogP contribution in [0.3, 0.4) is 0 Å². The zero-order valence-corrected chi connectivity index (χ0v) is 6.32. The molecular weight excluding hydrogens is 177 g/mol. The molecule has 0 radical (unpaired) electrons. The number of H-pyrrole nitrogens is 1. The molecule has 0 unspecified atom stereocenters. The van der Waals surface area contributed by atoms with Crippen molar-refractivity contribution in [1.82, 2.24) is 10.2 Å². The normalized spacial score (nSPS) is 10.5. The van der Waals surface area contributed by atoms with Crippen molar-refractivity contribution >= 4 is 16.7 Å². The lowest BCUT2D eigenvalue weighted by atomic mass is 10.2. The van der Waals surface area contributed by atoms with Crippen molar-refractivity contribution in [2.75, 3.05) is 0 Å². The number of fused-ring (bicyclic) bond motifs is 1. The van der Waals surface area contributed by atoms with E-state index in [1.165, 1.54) is 12.1 Å². The largest absolute Gasteiger partial charge is 0.358 e. The Morgan fingerprint density at radius 1 is 1.54 bits per heavy atom. The first-order valence-corrected chi connectivity index (χ1v) is 3.47. The molecule has 0 fully saturated rings. The second kappa shape index (κ2) is 2.51. The summed E-state index contributed by atoms with van der Waals surface area (Å²) in [5.74, 6) is -1.05. The van der Waals surface area contributed by atoms with Crippen molar-refractivity contribution in [2.24, 2.45) is 0 Å². The van der Waals surface area contributed by atoms with Crippen molar-refractivity contribution in [3.8, 4) is 0 Å². The summed E-state index contributed by atoms with van der Waals surface area (Å²) in [7, 11) is 0. The van der Waals surface area contributed by atoms with E-state index in [2.05, 4.69) is 10.2 Å². The number of hydrogen-bond acceptors (Lipinski definition) is 3. The smallest absolute Gasteiger partial charge is 0.353 e. The maximum absolute atomic E-state index is 13.1. The van der Waals surface area contributed by atoms with E-state index < -0.39 is 16.6 Å². The molecule has 13 heavy (non-hydrogen) atoms. The number of hydrogen-bond donors (Lipinski definition) is 1. The Kier molecular flexibility index (Phi) is 1.48. The van der Waals surface area contributed by atoms with Gasteiger partial charge in [0.1, 0.15) is 16.7 Å². The van der Waals surface area contributed by atoms with E-state index in [0.29, 0.717) is 0 Å². The van der Waals surface area contributed by atoms with Crippen molar-refractivity contribution in [3.63, 3.8) is 0 Å². The highest BCUT2D eigenvalue weighted by Gasteiger charge is 2.17. The Balaban J connectivity index is 2.86. The topological polar surface area (TPSA) is 71.8 Å². The van der Waals surface area contributed by atoms with Gasteiger partial charge >= 0.3 is 5.82 Å². The molecule has 0 aliphatic heterocycles. The van der Waals surface area contributed by atoms with Crippen LogP contribution in [0.2, 0.25) is 0 Å². The molecule has 0 saturated carbocycles. The summed E-state index contributed by atoms with van der Waals surface area (Å²) in [6.45, 7) is 0. The third-order valence-corrected chi connectivity index (χ3v) is 1.69. The number of aromatic amines is 1. The minimum atomic E-state index is -0.696. The average Bonchev–Trinajstić information content (AvgIpc) is 2.49. The maximum atomic E-state index is 13.1. The molecule has 1 heterocycles. The number of nitrogens with one attached hydrogen (secondary N) is 1. The van der Waals surface area contributed by atoms with Crippen LogP contribution < -0.4 is 0 Å². The summed E-state index contributed by atoms with van der Waals surface area (Å²) in [5, 5.41) is 16.1. The number of rotatable bonds is 1. The molecule has 0 atom stereocenters. The Morgan fingerprint density at radius 2 is 2.31 bits per heavy atom. The number of aromatic nitrogens is 2. The third kappa shape index (κ3) is 1.03. The Labute approximate surface area is 71.3 Å². The van der Waals surface area contributed by atoms with Crippen LogP contribution in [-0.2, 0) is 0 Å². The van der Waals surface area contributed by atoms with Crippen LogP contribution in [0.25, 0.3) is 10.9 Å². The second-order valence-corrected chi connectivity index (χ2v) is 2.46. The van der Waals surface area contributed by atoms with E-state index in [4.69, 9.17) is 0 Å². The van der Waals surface area contributed by atoms with Crippen molar-refractivity contribution in [1.29, 1.82) is 0 Å². The van der Waals surface area contributed by atoms with Crippen LogP contribution in [0.5, 0.6) is 0 Å². The SMILES string of the molecule is O=[N+]([O-])c1[nH]nc2cccc(F)c12. The molecule has 1 aromatic carbocycles. The Morgan fingerprint density at radius 3 is 3.00 bits per heavy atom. The standard InChI is InChI=1S/C7H4FN3O2/c8-4-2-1-3-5-6(4)7(10-9-5)11(12)13/h1-3H,(H,9,10). The van der Waals surface area contributed by atoms with E-state index in [1.807, 2.05) is 0 Å². The van der Waals surface area contributed by atoms with Gasteiger partial charge < -0.3 is 10.1 Å². The van der Waals surface area contributed by atoms with Crippen LogP contribution >= 0.6 is 0 Å². The van der Waals surface area contributed by atoms with Gasteiger partial charge in [0.15, 0.2) is 0 Å². The number of benzene rings is 1. The first kappa shape index (κ1) is 7.66. The highest BCUT2D eigenvalue weighted by Crippen LogP contribution is 2.24. The van der Waals surface area contributed by atoms with Crippen molar-refractivity contribution < 1.29 is 9.31 Å². The zero-order valence-electron chi connectivity index (χ0n) is 6.32. The monoisotopic (exact) mass is 181 g/mol. The molecular formula is C7H4FN3O2. The van der Waals surface area contributed by atoms with Crippen LogP contribution in [0.1, 0.15) is 0 Å². The van der Waals surface area contributed by atoms with Crippen LogP contribution in [0, 0.1) is 15.9 Å². The molecule has 0 aliphatic carbocycles. The van der Waals surface area contributed by atoms with Gasteiger partial charge in [0.25, 0.3) is 0 Å². The second-order valence-electron chi connectivity index (χ2n) is 2.46. The lowest BCUT2D eigenvalue weighted by Gasteiger charge is -1.91. The van der Waals surface area contributed by atoms with Gasteiger partial charge in [0, 0.05) is 0 Å². The highest BCUT2D eigenvalue weighted by atomic mass is 19.1. The summed E-state index contributed by atoms with van der Waals surface area (Å²) in [4.78, 5) is 9.70. The minimum absolute atomic E-state index is 0.0764. The lowest BCUT2D eigenvalue weighted by Crippen LogP contribution is -1.89. The Bertz CT molecular complexity index is 480. The predicted molar refractivity (Wildman–Crippen MR) is 42.7 cm³/mol. The molecule has 0 bridgehead atoms. The van der Waals surface area contributed by atoms with Gasteiger partial charge in [0.2, 0.25) is 0 Å². The molecule has 0 aliphatic rings. The molecule has 6 heteroatoms. The highest BCUT2D eigenvalue weighted by molar-refractivity contribution is 5.86. The van der Waals surface area contributed by atoms with E-state index in [-0.39, 0.29) is 10.9 Å². The maximum Gasteiger partial charge on any atom is 0.353 e. The fourth-order valence-corrected chi connectivity index (χ4v) is 1.14. The van der Waals surface area contributed by atoms with Gasteiger partial charge in [-0.2, -0.15) is 0 Å². The van der Waals surface area contributed by atoms with Crippen LogP contribution in [0.4, 0.5) is 10.2 Å². The summed E-state index contributed by atoms with van der Waals surface area (Å²) >= 11 is 0. The zero-order chi connectivity index (χ0) is 9.42. The van der Waals surface area contributed by atoms with Crippen molar-refractivity contribution in [2.45, 2.75) is 0 Å². The van der Waals surface area contributed by atoms with Crippen LogP contribution in [0.15, 0.2) is 18.2 Å². The first-order chi connectivity index (χ1) is 6.20. The molecule has 2 rings (SSSR count). The fraction of sp³-hybridized carbons (Fsp3) is 0. The predicted octanol–water partition coefficient (Wildman–Crippen LogP) is 1.61. The first-order valence-electron chi connectivity index (χ1n) is 3.47. The van der Waals surface area contributed by atoms with E-state index in [9.17, 15) is 14.5 Å². The molecule has 1 N–H and O–H groups in total. The van der Waals surface area contributed by atoms with Gasteiger partial charge in [-0.1, -0.05) is 11.2 Å². The molecule has 0 saturated heterocycles. The Hall–Kier alpha value is -1.98. The molecule has 2 aromatic rings. The summed E-state index contributed by atoms with van der Waals surface area (Å²) < 4.78 is 13.1. The lowest BCUT2D eigenvalue weighted by molar-refractivity contribution is -0.387. The van der Waals surface area contributed by atoms with Crippen LogP contribution in [-0.4, -0.2) is 15.1 Å². The van der Waals surface area contributed by atoms with Gasteiger partial charge in [-0.25, -0.2) is 4.39 Å². The third-order valence-electron chi connectivity index (χ3n) is 1.69.